The second-order valence-corrected chi connectivity index (χ2v) is 20.5. The molecule has 76 heavy (non-hydrogen) atoms. The lowest BCUT2D eigenvalue weighted by atomic mass is 9.85. The van der Waals surface area contributed by atoms with Gasteiger partial charge in [0.25, 0.3) is 5.91 Å². The highest BCUT2D eigenvalue weighted by molar-refractivity contribution is 7.13. The Morgan fingerprint density at radius 1 is 0.908 bits per heavy atom. The van der Waals surface area contributed by atoms with Gasteiger partial charge in [-0.3, -0.25) is 28.6 Å². The Hall–Kier alpha value is -8.04. The van der Waals surface area contributed by atoms with E-state index in [-0.39, 0.29) is 70.0 Å². The van der Waals surface area contributed by atoms with Crippen LogP contribution in [0.4, 0.5) is 10.3 Å². The lowest BCUT2D eigenvalue weighted by Gasteiger charge is -2.35. The third-order valence-electron chi connectivity index (χ3n) is 13.1. The number of nitrogens with zero attached hydrogens (tertiary/aromatic N) is 7. The summed E-state index contributed by atoms with van der Waals surface area (Å²) in [6, 6.07) is 20.4. The van der Waals surface area contributed by atoms with Crippen LogP contribution in [0.1, 0.15) is 67.4 Å². The van der Waals surface area contributed by atoms with Crippen molar-refractivity contribution in [2.24, 2.45) is 5.41 Å². The molecule has 6 heterocycles. The number of fused-ring (bicyclic) bond motifs is 2. The number of carbonyl (C=O) groups excluding carboxylic acids is 4. The van der Waals surface area contributed by atoms with Gasteiger partial charge in [0.15, 0.2) is 18.3 Å². The minimum absolute atomic E-state index is 0.00888. The zero-order chi connectivity index (χ0) is 53.5. The van der Waals surface area contributed by atoms with Gasteiger partial charge in [0.1, 0.15) is 42.0 Å². The number of amides is 4. The zero-order valence-corrected chi connectivity index (χ0v) is 43.6. The number of anilines is 1. The van der Waals surface area contributed by atoms with Crippen molar-refractivity contribution in [3.05, 3.63) is 136 Å². The Kier molecular flexibility index (Phi) is 16.1. The van der Waals surface area contributed by atoms with E-state index in [9.17, 15) is 28.7 Å². The van der Waals surface area contributed by atoms with Gasteiger partial charge in [-0.25, -0.2) is 14.4 Å². The fourth-order valence-electron chi connectivity index (χ4n) is 9.12. The van der Waals surface area contributed by atoms with Crippen LogP contribution in [0, 0.1) is 31.1 Å². The molecule has 5 N–H and O–H groups in total. The summed E-state index contributed by atoms with van der Waals surface area (Å²) in [4.78, 5) is 69.6. The SMILES string of the molecule is Cc1nc(CCC(=O)NCCOc2ccc(OCC(=O)N[C@H](C(=O)N3C[C@H](O)C[C]3C(=O)NCc3ccc(-c4scnc4C)cc3)C(C)(C)C)cc2)ccc1-c1cnc(NCc2c(F)ccc3c2CCO3)n2cnnc12. The van der Waals surface area contributed by atoms with Crippen molar-refractivity contribution in [3.63, 3.8) is 0 Å². The third-order valence-corrected chi connectivity index (χ3v) is 14.1. The van der Waals surface area contributed by atoms with Gasteiger partial charge < -0.3 is 45.5 Å². The molecule has 0 bridgehead atoms. The number of ether oxygens (including phenoxy) is 3. The molecule has 3 aromatic carbocycles. The number of carbonyl (C=O) groups is 4. The van der Waals surface area contributed by atoms with E-state index in [1.54, 1.807) is 84.9 Å². The Morgan fingerprint density at radius 2 is 1.68 bits per heavy atom. The summed E-state index contributed by atoms with van der Waals surface area (Å²) in [5.41, 5.74) is 8.86. The minimum atomic E-state index is -1.03. The molecule has 19 nitrogen and oxygen atoms in total. The molecular formula is C55H59FN11O8S. The molecule has 1 saturated heterocycles. The van der Waals surface area contributed by atoms with E-state index in [0.717, 1.165) is 49.8 Å². The van der Waals surface area contributed by atoms with E-state index in [4.69, 9.17) is 19.2 Å². The van der Waals surface area contributed by atoms with Gasteiger partial charge in [-0.15, -0.1) is 21.5 Å². The maximum absolute atomic E-state index is 14.8. The van der Waals surface area contributed by atoms with Crippen LogP contribution < -0.4 is 35.5 Å². The average molecular weight is 1050 g/mol. The summed E-state index contributed by atoms with van der Waals surface area (Å²) >= 11 is 1.56. The Morgan fingerprint density at radius 3 is 2.42 bits per heavy atom. The normalized spacial score (nSPS) is 14.7. The number of thiazole rings is 1. The van der Waals surface area contributed by atoms with Gasteiger partial charge in [0, 0.05) is 78.7 Å². The molecule has 0 aliphatic carbocycles. The molecule has 395 valence electrons. The standard InChI is InChI=1S/C55H59FN11O8S/c1-32-40(43-27-60-54(67-30-62-65-51(43)67)59-26-42-41-20-22-74-46(41)18-17-44(42)56)16-10-36(63-32)11-19-47(69)57-21-23-73-38-12-14-39(15-13-38)75-29-48(70)64-50(55(3,4)5)53(72)66-28-37(68)24-45(66)52(71)58-25-34-6-8-35(9-7-34)49-33(2)61-31-76-49/h6-10,12-18,27,30-31,37,50,68H,11,19-26,28-29H2,1-5H3,(H,57,69)(H,58,71)(H,59,60)(H,64,70)/t37-,50-/m1/s1. The third kappa shape index (κ3) is 12.4. The molecule has 0 spiro atoms. The fourth-order valence-corrected chi connectivity index (χ4v) is 9.93. The molecule has 7 aromatic rings. The highest BCUT2D eigenvalue weighted by atomic mass is 32.1. The topological polar surface area (TPSA) is 236 Å². The molecule has 2 aliphatic rings. The average Bonchev–Trinajstić information content (AvgIpc) is 4.26. The molecule has 1 fully saturated rings. The first-order chi connectivity index (χ1) is 36.6. The molecule has 4 aromatic heterocycles. The van der Waals surface area contributed by atoms with Gasteiger partial charge >= 0.3 is 0 Å². The van der Waals surface area contributed by atoms with Crippen LogP contribution in [0.25, 0.3) is 27.2 Å². The predicted molar refractivity (Wildman–Crippen MR) is 282 cm³/mol. The quantitative estimate of drug-likeness (QED) is 0.0544. The van der Waals surface area contributed by atoms with Gasteiger partial charge in [-0.05, 0) is 79.3 Å². The Bertz CT molecular complexity index is 3230. The summed E-state index contributed by atoms with van der Waals surface area (Å²) in [6.45, 7) is 10.2. The van der Waals surface area contributed by atoms with Crippen molar-refractivity contribution < 1.29 is 42.9 Å². The maximum atomic E-state index is 14.8. The molecule has 2 aliphatic heterocycles. The van der Waals surface area contributed by atoms with E-state index in [1.807, 2.05) is 50.2 Å². The first kappa shape index (κ1) is 52.8. The van der Waals surface area contributed by atoms with Crippen LogP contribution in [-0.4, -0.2) is 108 Å². The summed E-state index contributed by atoms with van der Waals surface area (Å²) in [5.74, 6) is 0.0802. The number of halogens is 1. The van der Waals surface area contributed by atoms with E-state index < -0.39 is 35.3 Å². The van der Waals surface area contributed by atoms with Crippen LogP contribution in [-0.2, 0) is 45.1 Å². The number of likely N-dealkylation sites (tertiary alicyclic amines) is 1. The van der Waals surface area contributed by atoms with E-state index >= 15 is 0 Å². The zero-order valence-electron chi connectivity index (χ0n) is 42.8. The lowest BCUT2D eigenvalue weighted by molar-refractivity contribution is -0.141. The summed E-state index contributed by atoms with van der Waals surface area (Å²) in [5, 5.41) is 30.8. The molecule has 2 atom stereocenters. The van der Waals surface area contributed by atoms with Crippen LogP contribution in [0.2, 0.25) is 0 Å². The Labute approximate surface area is 442 Å². The van der Waals surface area contributed by atoms with Crippen molar-refractivity contribution in [2.75, 3.05) is 38.2 Å². The number of aryl methyl sites for hydroxylation is 3. The summed E-state index contributed by atoms with van der Waals surface area (Å²) < 4.78 is 33.7. The first-order valence-corrected chi connectivity index (χ1v) is 25.8. The lowest BCUT2D eigenvalue weighted by Crippen LogP contribution is -2.56. The van der Waals surface area contributed by atoms with E-state index in [2.05, 4.69) is 41.4 Å². The summed E-state index contributed by atoms with van der Waals surface area (Å²) in [6.07, 6.45) is 3.57. The highest BCUT2D eigenvalue weighted by Gasteiger charge is 2.45. The number of aliphatic hydroxyl groups is 1. The smallest absolute Gasteiger partial charge is 0.258 e. The molecule has 0 saturated carbocycles. The second kappa shape index (κ2) is 23.2. The number of hydrogen-bond donors (Lipinski definition) is 5. The number of benzene rings is 3. The maximum Gasteiger partial charge on any atom is 0.258 e. The number of aliphatic hydroxyl groups excluding tert-OH is 1. The summed E-state index contributed by atoms with van der Waals surface area (Å²) in [7, 11) is 0. The van der Waals surface area contributed by atoms with Gasteiger partial charge in [0.2, 0.25) is 23.7 Å². The van der Waals surface area contributed by atoms with Crippen LogP contribution in [0.3, 0.4) is 0 Å². The van der Waals surface area contributed by atoms with Crippen molar-refractivity contribution in [2.45, 2.75) is 85.5 Å². The number of rotatable bonds is 20. The highest BCUT2D eigenvalue weighted by Crippen LogP contribution is 2.33. The van der Waals surface area contributed by atoms with Crippen LogP contribution in [0.5, 0.6) is 17.2 Å². The van der Waals surface area contributed by atoms with Crippen molar-refractivity contribution in [1.29, 1.82) is 0 Å². The number of hydrogen-bond acceptors (Lipinski definition) is 15. The minimum Gasteiger partial charge on any atom is -0.493 e. The Balaban J connectivity index is 0.690. The van der Waals surface area contributed by atoms with Crippen molar-refractivity contribution in [1.82, 2.24) is 50.4 Å². The monoisotopic (exact) mass is 1050 g/mol. The van der Waals surface area contributed by atoms with Gasteiger partial charge in [0.05, 0.1) is 35.3 Å². The molecule has 1 radical (unpaired) electrons. The second-order valence-electron chi connectivity index (χ2n) is 19.6. The van der Waals surface area contributed by atoms with Crippen molar-refractivity contribution >= 4 is 46.6 Å². The van der Waals surface area contributed by atoms with E-state index in [0.29, 0.717) is 53.9 Å². The molecule has 0 unspecified atom stereocenters. The number of nitrogens with one attached hydrogen (secondary N) is 4. The van der Waals surface area contributed by atoms with Crippen LogP contribution in [0.15, 0.2) is 90.8 Å². The fraction of sp³-hybridized carbons (Fsp3) is 0.345. The van der Waals surface area contributed by atoms with Gasteiger partial charge in [-0.2, -0.15) is 0 Å². The number of β-amino-alcohol motifs (C(OH)–C–C–N with tert-alkyl or cyclic N) is 1. The van der Waals surface area contributed by atoms with Crippen molar-refractivity contribution in [3.8, 4) is 38.8 Å². The van der Waals surface area contributed by atoms with Gasteiger partial charge in [-0.1, -0.05) is 51.1 Å². The molecule has 21 heteroatoms. The molecular weight excluding hydrogens is 994 g/mol. The first-order valence-electron chi connectivity index (χ1n) is 25.0. The predicted octanol–water partition coefficient (Wildman–Crippen LogP) is 6.09. The van der Waals surface area contributed by atoms with Crippen LogP contribution >= 0.6 is 11.3 Å². The number of pyridine rings is 1. The molecule has 9 rings (SSSR count). The number of aromatic nitrogens is 6. The molecule has 4 amide bonds. The van der Waals surface area contributed by atoms with E-state index in [1.165, 1.54) is 11.0 Å². The largest absolute Gasteiger partial charge is 0.493 e.